The van der Waals surface area contributed by atoms with E-state index in [1.54, 1.807) is 36.4 Å². The Morgan fingerprint density at radius 3 is 2.21 bits per heavy atom. The van der Waals surface area contributed by atoms with Crippen LogP contribution in [-0.2, 0) is 0 Å². The minimum absolute atomic E-state index is 0.175. The molecule has 0 bridgehead atoms. The molecule has 0 aliphatic carbocycles. The van der Waals surface area contributed by atoms with Gasteiger partial charge in [0, 0.05) is 10.9 Å². The van der Waals surface area contributed by atoms with Gasteiger partial charge in [0.05, 0.1) is 17.6 Å². The van der Waals surface area contributed by atoms with Crippen LogP contribution in [0, 0.1) is 11.8 Å². The molecular formula is C24H17N3O2. The molecule has 0 unspecified atom stereocenters. The van der Waals surface area contributed by atoms with Gasteiger partial charge in [0.15, 0.2) is 5.69 Å². The van der Waals surface area contributed by atoms with Crippen molar-refractivity contribution in [1.29, 1.82) is 0 Å². The minimum Gasteiger partial charge on any atom is -0.340 e. The van der Waals surface area contributed by atoms with Crippen LogP contribution in [0.4, 0.5) is 0 Å². The Labute approximate surface area is 167 Å². The molecule has 0 saturated carbocycles. The third-order valence-electron chi connectivity index (χ3n) is 4.36. The van der Waals surface area contributed by atoms with Crippen LogP contribution in [0.3, 0.4) is 0 Å². The van der Waals surface area contributed by atoms with E-state index in [1.807, 2.05) is 48.5 Å². The van der Waals surface area contributed by atoms with E-state index in [9.17, 15) is 9.59 Å². The van der Waals surface area contributed by atoms with E-state index in [-0.39, 0.29) is 23.7 Å². The number of hydrogen-bond donors (Lipinski definition) is 1. The Morgan fingerprint density at radius 1 is 0.862 bits per heavy atom. The lowest BCUT2D eigenvalue weighted by atomic mass is 10.1. The second-order valence-corrected chi connectivity index (χ2v) is 6.30. The maximum atomic E-state index is 12.9. The summed E-state index contributed by atoms with van der Waals surface area (Å²) < 4.78 is 1.26. The zero-order chi connectivity index (χ0) is 20.1. The third-order valence-corrected chi connectivity index (χ3v) is 4.36. The number of nitrogens with zero attached hydrogens (tertiary/aromatic N) is 2. The summed E-state index contributed by atoms with van der Waals surface area (Å²) in [4.78, 5) is 25.7. The van der Waals surface area contributed by atoms with E-state index in [4.69, 9.17) is 0 Å². The zero-order valence-corrected chi connectivity index (χ0v) is 15.5. The molecule has 0 aliphatic rings. The summed E-state index contributed by atoms with van der Waals surface area (Å²) in [6.45, 7) is 0.175. The Hall–Kier alpha value is -4.17. The van der Waals surface area contributed by atoms with Crippen LogP contribution in [-0.4, -0.2) is 22.2 Å². The van der Waals surface area contributed by atoms with E-state index in [2.05, 4.69) is 22.3 Å². The highest BCUT2D eigenvalue weighted by atomic mass is 16.2. The van der Waals surface area contributed by atoms with E-state index in [1.165, 1.54) is 4.68 Å². The summed E-state index contributed by atoms with van der Waals surface area (Å²) in [5, 5.41) is 8.07. The SMILES string of the molecule is O=C(NCC#Cc1ccccc1)c1nn(-c2ccccc2)c(=O)c2ccccc12. The summed E-state index contributed by atoms with van der Waals surface area (Å²) in [5.41, 5.74) is 1.39. The number of para-hydroxylation sites is 1. The molecule has 0 radical (unpaired) electrons. The number of rotatable bonds is 3. The molecule has 0 atom stereocenters. The van der Waals surface area contributed by atoms with Gasteiger partial charge in [-0.25, -0.2) is 0 Å². The lowest BCUT2D eigenvalue weighted by Crippen LogP contribution is -2.30. The second kappa shape index (κ2) is 8.24. The van der Waals surface area contributed by atoms with Crippen molar-refractivity contribution < 1.29 is 4.79 Å². The minimum atomic E-state index is -0.381. The van der Waals surface area contributed by atoms with E-state index < -0.39 is 0 Å². The van der Waals surface area contributed by atoms with Crippen LogP contribution < -0.4 is 10.9 Å². The first-order valence-corrected chi connectivity index (χ1v) is 9.13. The first-order chi connectivity index (χ1) is 14.2. The Kier molecular flexibility index (Phi) is 5.17. The average molecular weight is 379 g/mol. The highest BCUT2D eigenvalue weighted by Crippen LogP contribution is 2.15. The summed E-state index contributed by atoms with van der Waals surface area (Å²) in [6, 6.07) is 25.6. The van der Waals surface area contributed by atoms with Crippen molar-refractivity contribution in [2.45, 2.75) is 0 Å². The molecule has 5 heteroatoms. The topological polar surface area (TPSA) is 64.0 Å². The van der Waals surface area contributed by atoms with Crippen molar-refractivity contribution in [3.63, 3.8) is 0 Å². The van der Waals surface area contributed by atoms with E-state index in [0.717, 1.165) is 5.56 Å². The fourth-order valence-corrected chi connectivity index (χ4v) is 2.98. The van der Waals surface area contributed by atoms with Crippen molar-refractivity contribution in [2.75, 3.05) is 6.54 Å². The molecular weight excluding hydrogens is 362 g/mol. The molecule has 140 valence electrons. The predicted octanol–water partition coefficient (Wildman–Crippen LogP) is 3.17. The van der Waals surface area contributed by atoms with Crippen LogP contribution in [0.15, 0.2) is 89.7 Å². The number of amides is 1. The van der Waals surface area contributed by atoms with Gasteiger partial charge in [-0.15, -0.1) is 0 Å². The van der Waals surface area contributed by atoms with Crippen molar-refractivity contribution in [3.8, 4) is 17.5 Å². The van der Waals surface area contributed by atoms with Gasteiger partial charge in [-0.1, -0.05) is 66.4 Å². The van der Waals surface area contributed by atoms with Crippen molar-refractivity contribution >= 4 is 16.7 Å². The number of nitrogens with one attached hydrogen (secondary N) is 1. The van der Waals surface area contributed by atoms with Crippen LogP contribution in [0.1, 0.15) is 16.1 Å². The average Bonchev–Trinajstić information content (AvgIpc) is 2.78. The largest absolute Gasteiger partial charge is 0.340 e. The Bertz CT molecular complexity index is 1280. The first-order valence-electron chi connectivity index (χ1n) is 9.13. The van der Waals surface area contributed by atoms with Gasteiger partial charge in [0.1, 0.15) is 0 Å². The quantitative estimate of drug-likeness (QED) is 0.556. The molecule has 1 N–H and O–H groups in total. The van der Waals surface area contributed by atoms with Crippen LogP contribution >= 0.6 is 0 Å². The summed E-state index contributed by atoms with van der Waals surface area (Å²) in [6.07, 6.45) is 0. The molecule has 0 fully saturated rings. The number of carbonyl (C=O) groups is 1. The summed E-state index contributed by atoms with van der Waals surface area (Å²) >= 11 is 0. The Morgan fingerprint density at radius 2 is 1.48 bits per heavy atom. The monoisotopic (exact) mass is 379 g/mol. The summed E-state index contributed by atoms with van der Waals surface area (Å²) in [7, 11) is 0. The number of hydrogen-bond acceptors (Lipinski definition) is 3. The van der Waals surface area contributed by atoms with Gasteiger partial charge >= 0.3 is 0 Å². The molecule has 0 saturated heterocycles. The summed E-state index contributed by atoms with van der Waals surface area (Å²) in [5.74, 6) is 5.54. The molecule has 0 aliphatic heterocycles. The fourth-order valence-electron chi connectivity index (χ4n) is 2.98. The molecule has 4 aromatic rings. The van der Waals surface area contributed by atoms with Crippen LogP contribution in [0.5, 0.6) is 0 Å². The van der Waals surface area contributed by atoms with Crippen LogP contribution in [0.2, 0.25) is 0 Å². The standard InChI is InChI=1S/C24H17N3O2/c28-23(25-17-9-12-18-10-3-1-4-11-18)22-20-15-7-8-16-21(20)24(29)27(26-22)19-13-5-2-6-14-19/h1-8,10-11,13-16H,17H2,(H,25,28). The van der Waals surface area contributed by atoms with Crippen LogP contribution in [0.25, 0.3) is 16.5 Å². The highest BCUT2D eigenvalue weighted by Gasteiger charge is 2.16. The first kappa shape index (κ1) is 18.2. The van der Waals surface area contributed by atoms with Gasteiger partial charge in [-0.2, -0.15) is 9.78 Å². The molecule has 1 heterocycles. The third kappa shape index (κ3) is 3.92. The van der Waals surface area contributed by atoms with Crippen molar-refractivity contribution in [2.24, 2.45) is 0 Å². The highest BCUT2D eigenvalue weighted by molar-refractivity contribution is 6.04. The number of benzene rings is 3. The lowest BCUT2D eigenvalue weighted by Gasteiger charge is -2.10. The van der Waals surface area contributed by atoms with E-state index in [0.29, 0.717) is 16.5 Å². The van der Waals surface area contributed by atoms with Gasteiger partial charge in [-0.3, -0.25) is 9.59 Å². The van der Waals surface area contributed by atoms with Gasteiger partial charge in [0.25, 0.3) is 11.5 Å². The molecule has 3 aromatic carbocycles. The number of fused-ring (bicyclic) bond motifs is 1. The Balaban J connectivity index is 1.68. The molecule has 5 nitrogen and oxygen atoms in total. The van der Waals surface area contributed by atoms with Crippen molar-refractivity contribution in [1.82, 2.24) is 15.1 Å². The smallest absolute Gasteiger partial charge is 0.279 e. The second-order valence-electron chi connectivity index (χ2n) is 6.30. The van der Waals surface area contributed by atoms with Crippen molar-refractivity contribution in [3.05, 3.63) is 107 Å². The predicted molar refractivity (Wildman–Crippen MR) is 113 cm³/mol. The molecule has 1 amide bonds. The normalized spacial score (nSPS) is 10.2. The molecule has 4 rings (SSSR count). The van der Waals surface area contributed by atoms with Gasteiger partial charge < -0.3 is 5.32 Å². The van der Waals surface area contributed by atoms with E-state index >= 15 is 0 Å². The number of aromatic nitrogens is 2. The number of carbonyl (C=O) groups excluding carboxylic acids is 1. The van der Waals surface area contributed by atoms with Gasteiger partial charge in [0.2, 0.25) is 0 Å². The molecule has 0 spiro atoms. The van der Waals surface area contributed by atoms with Gasteiger partial charge in [-0.05, 0) is 30.3 Å². The maximum Gasteiger partial charge on any atom is 0.279 e. The molecule has 29 heavy (non-hydrogen) atoms. The lowest BCUT2D eigenvalue weighted by molar-refractivity contribution is 0.0954. The molecule has 1 aromatic heterocycles. The zero-order valence-electron chi connectivity index (χ0n) is 15.5. The maximum absolute atomic E-state index is 12.9. The fraction of sp³-hybridized carbons (Fsp3) is 0.0417.